The van der Waals surface area contributed by atoms with Gasteiger partial charge in [-0.3, -0.25) is 0 Å². The largest absolute Gasteiger partial charge is 0.513 e. The van der Waals surface area contributed by atoms with Crippen molar-refractivity contribution in [3.63, 3.8) is 0 Å². The summed E-state index contributed by atoms with van der Waals surface area (Å²) in [7, 11) is 1.34. The normalized spacial score (nSPS) is 23.3. The molecule has 2 atom stereocenters. The predicted molar refractivity (Wildman–Crippen MR) is 83.8 cm³/mol. The average molecular weight is 318 g/mol. The third-order valence-corrected chi connectivity index (χ3v) is 5.42. The Morgan fingerprint density at radius 2 is 2.04 bits per heavy atom. The van der Waals surface area contributed by atoms with E-state index in [-0.39, 0.29) is 12.0 Å². The van der Waals surface area contributed by atoms with Gasteiger partial charge in [-0.15, -0.1) is 0 Å². The number of hydrogen-bond donors (Lipinski definition) is 0. The van der Waals surface area contributed by atoms with E-state index in [0.717, 1.165) is 24.0 Å². The fourth-order valence-electron chi connectivity index (χ4n) is 3.90. The molecule has 0 heterocycles. The molecule has 1 aromatic rings. The lowest BCUT2D eigenvalue weighted by molar-refractivity contribution is 0.0172. The van der Waals surface area contributed by atoms with Gasteiger partial charge in [-0.25, -0.2) is 9.59 Å². The molecule has 0 spiro atoms. The molecule has 0 saturated heterocycles. The molecule has 0 amide bonds. The quantitative estimate of drug-likeness (QED) is 0.628. The molecular weight excluding hydrogens is 296 g/mol. The molecule has 0 aromatic heterocycles. The zero-order chi connectivity index (χ0) is 16.8. The van der Waals surface area contributed by atoms with E-state index in [4.69, 9.17) is 14.2 Å². The minimum atomic E-state index is -0.741. The van der Waals surface area contributed by atoms with Crippen molar-refractivity contribution >= 4 is 12.1 Å². The first-order chi connectivity index (χ1) is 10.9. The van der Waals surface area contributed by atoms with Gasteiger partial charge in [-0.2, -0.15) is 0 Å². The topological polar surface area (TPSA) is 61.8 Å². The molecule has 4 rings (SSSR count). The van der Waals surface area contributed by atoms with Gasteiger partial charge >= 0.3 is 12.1 Å². The number of methoxy groups -OCH3 is 1. The van der Waals surface area contributed by atoms with Crippen LogP contribution in [0.2, 0.25) is 0 Å². The van der Waals surface area contributed by atoms with E-state index in [1.54, 1.807) is 13.0 Å². The maximum atomic E-state index is 11.9. The monoisotopic (exact) mass is 318 g/mol. The Labute approximate surface area is 135 Å². The Bertz CT molecular complexity index is 662. The first-order valence-corrected chi connectivity index (χ1v) is 7.98. The molecule has 3 aliphatic rings. The molecule has 0 N–H and O–H groups in total. The van der Waals surface area contributed by atoms with Crippen molar-refractivity contribution in [2.24, 2.45) is 11.3 Å². The number of rotatable bonds is 3. The summed E-state index contributed by atoms with van der Waals surface area (Å²) in [6.45, 7) is 6.48. The summed E-state index contributed by atoms with van der Waals surface area (Å²) in [5.74, 6) is 0.950. The van der Waals surface area contributed by atoms with Gasteiger partial charge in [-0.05, 0) is 60.3 Å². The Kier molecular flexibility index (Phi) is 3.82. The summed E-state index contributed by atoms with van der Waals surface area (Å²) < 4.78 is 15.0. The van der Waals surface area contributed by atoms with E-state index in [2.05, 4.69) is 13.8 Å². The highest BCUT2D eigenvalue weighted by Crippen LogP contribution is 2.63. The smallest absolute Gasteiger partial charge is 0.465 e. The van der Waals surface area contributed by atoms with Crippen LogP contribution < -0.4 is 4.74 Å². The predicted octanol–water partition coefficient (Wildman–Crippen LogP) is 3.69. The third kappa shape index (κ3) is 2.48. The van der Waals surface area contributed by atoms with Gasteiger partial charge < -0.3 is 14.2 Å². The number of carbonyl (C=O) groups excluding carboxylic acids is 2. The fraction of sp³-hybridized carbons (Fsp3) is 0.556. The second kappa shape index (κ2) is 5.55. The van der Waals surface area contributed by atoms with Crippen molar-refractivity contribution in [3.8, 4) is 5.75 Å². The van der Waals surface area contributed by atoms with Crippen molar-refractivity contribution in [3.05, 3.63) is 28.8 Å². The van der Waals surface area contributed by atoms with Gasteiger partial charge in [0.1, 0.15) is 5.75 Å². The van der Waals surface area contributed by atoms with Crippen molar-refractivity contribution in [1.82, 2.24) is 0 Å². The van der Waals surface area contributed by atoms with Crippen LogP contribution in [-0.4, -0.2) is 25.8 Å². The van der Waals surface area contributed by atoms with Gasteiger partial charge in [0.25, 0.3) is 0 Å². The third-order valence-electron chi connectivity index (χ3n) is 5.42. The van der Waals surface area contributed by atoms with E-state index < -0.39 is 12.1 Å². The van der Waals surface area contributed by atoms with Crippen LogP contribution in [-0.2, 0) is 15.9 Å². The molecule has 0 unspecified atom stereocenters. The second-order valence-corrected chi connectivity index (χ2v) is 6.83. The molecule has 0 aliphatic heterocycles. The zero-order valence-corrected chi connectivity index (χ0v) is 14.0. The SMILES string of the molecule is CCOC(=O)Oc1cc(C(=O)OC)cc2c1C[C@@H]1C[C@H]2C1(C)C. The van der Waals surface area contributed by atoms with Gasteiger partial charge in [0.15, 0.2) is 0 Å². The highest BCUT2D eigenvalue weighted by atomic mass is 16.7. The fourth-order valence-corrected chi connectivity index (χ4v) is 3.90. The highest BCUT2D eigenvalue weighted by molar-refractivity contribution is 5.90. The first kappa shape index (κ1) is 15.8. The molecule has 0 radical (unpaired) electrons. The molecule has 124 valence electrons. The molecule has 5 heteroatoms. The Morgan fingerprint density at radius 3 is 2.65 bits per heavy atom. The maximum absolute atomic E-state index is 11.9. The lowest BCUT2D eigenvalue weighted by atomic mass is 9.47. The lowest BCUT2D eigenvalue weighted by Gasteiger charge is -2.57. The van der Waals surface area contributed by atoms with E-state index in [9.17, 15) is 9.59 Å². The van der Waals surface area contributed by atoms with Gasteiger partial charge in [0, 0.05) is 0 Å². The van der Waals surface area contributed by atoms with Crippen molar-refractivity contribution in [2.45, 2.75) is 39.5 Å². The average Bonchev–Trinajstić information content (AvgIpc) is 2.53. The number of hydrogen-bond acceptors (Lipinski definition) is 5. The summed E-state index contributed by atoms with van der Waals surface area (Å²) >= 11 is 0. The van der Waals surface area contributed by atoms with Crippen LogP contribution in [0.25, 0.3) is 0 Å². The van der Waals surface area contributed by atoms with E-state index in [0.29, 0.717) is 23.1 Å². The van der Waals surface area contributed by atoms with Crippen LogP contribution >= 0.6 is 0 Å². The molecule has 23 heavy (non-hydrogen) atoms. The van der Waals surface area contributed by atoms with Gasteiger partial charge in [-0.1, -0.05) is 13.8 Å². The number of carbonyl (C=O) groups is 2. The van der Waals surface area contributed by atoms with Crippen molar-refractivity contribution < 1.29 is 23.8 Å². The number of esters is 1. The molecular formula is C18H22O5. The maximum Gasteiger partial charge on any atom is 0.513 e. The number of benzene rings is 1. The zero-order valence-electron chi connectivity index (χ0n) is 14.0. The van der Waals surface area contributed by atoms with Crippen LogP contribution in [0.3, 0.4) is 0 Å². The lowest BCUT2D eigenvalue weighted by Crippen LogP contribution is -2.48. The minimum Gasteiger partial charge on any atom is -0.465 e. The first-order valence-electron chi connectivity index (χ1n) is 7.98. The van der Waals surface area contributed by atoms with Crippen LogP contribution in [0.15, 0.2) is 12.1 Å². The minimum absolute atomic E-state index is 0.211. The summed E-state index contributed by atoms with van der Waals surface area (Å²) in [5, 5.41) is 0. The van der Waals surface area contributed by atoms with Crippen LogP contribution in [0.5, 0.6) is 5.75 Å². The van der Waals surface area contributed by atoms with Gasteiger partial charge in [0.2, 0.25) is 0 Å². The van der Waals surface area contributed by atoms with E-state index in [1.807, 2.05) is 6.07 Å². The van der Waals surface area contributed by atoms with Crippen molar-refractivity contribution in [2.75, 3.05) is 13.7 Å². The van der Waals surface area contributed by atoms with Crippen LogP contribution in [0.1, 0.15) is 54.6 Å². The molecule has 3 aliphatic carbocycles. The summed E-state index contributed by atoms with van der Waals surface area (Å²) in [4.78, 5) is 23.7. The molecule has 1 aromatic carbocycles. The Balaban J connectivity index is 2.04. The standard InChI is InChI=1S/C18H22O5/c1-5-22-17(20)23-15-7-10(16(19)21-4)6-12-13(15)8-11-9-14(12)18(11,2)3/h6-7,11,14H,5,8-9H2,1-4H3/t11-,14-/m1/s1. The van der Waals surface area contributed by atoms with Crippen molar-refractivity contribution in [1.29, 1.82) is 0 Å². The molecule has 1 fully saturated rings. The van der Waals surface area contributed by atoms with Gasteiger partial charge in [0.05, 0.1) is 19.3 Å². The highest BCUT2D eigenvalue weighted by Gasteiger charge is 2.53. The molecule has 1 saturated carbocycles. The summed E-state index contributed by atoms with van der Waals surface area (Å²) in [6.07, 6.45) is 1.23. The molecule has 5 nitrogen and oxygen atoms in total. The second-order valence-electron chi connectivity index (χ2n) is 6.83. The summed E-state index contributed by atoms with van der Waals surface area (Å²) in [6, 6.07) is 3.47. The van der Waals surface area contributed by atoms with E-state index in [1.165, 1.54) is 7.11 Å². The Hall–Kier alpha value is -2.04. The van der Waals surface area contributed by atoms with E-state index >= 15 is 0 Å². The number of ether oxygens (including phenoxy) is 3. The summed E-state index contributed by atoms with van der Waals surface area (Å²) in [5.41, 5.74) is 2.74. The van der Waals surface area contributed by atoms with Crippen LogP contribution in [0.4, 0.5) is 4.79 Å². The molecule has 2 bridgehead atoms. The Morgan fingerprint density at radius 1 is 1.30 bits per heavy atom. The van der Waals surface area contributed by atoms with Crippen LogP contribution in [0, 0.1) is 11.3 Å².